The lowest BCUT2D eigenvalue weighted by molar-refractivity contribution is 0.179. The lowest BCUT2D eigenvalue weighted by Crippen LogP contribution is -2.47. The van der Waals surface area contributed by atoms with Crippen molar-refractivity contribution in [2.45, 2.75) is 58.7 Å². The molecule has 1 aliphatic heterocycles. The molecule has 0 bridgehead atoms. The third kappa shape index (κ3) is 3.81. The van der Waals surface area contributed by atoms with Gasteiger partial charge < -0.3 is 5.32 Å². The van der Waals surface area contributed by atoms with Crippen LogP contribution in [0.4, 0.5) is 0 Å². The first-order chi connectivity index (χ1) is 8.69. The van der Waals surface area contributed by atoms with E-state index in [1.807, 2.05) is 11.3 Å². The van der Waals surface area contributed by atoms with E-state index in [1.54, 1.807) is 10.4 Å². The SMILES string of the molecule is CCc1ccsc1CN1CCCC(NC(C)C)C1. The maximum Gasteiger partial charge on any atom is 0.0331 e. The van der Waals surface area contributed by atoms with Gasteiger partial charge >= 0.3 is 0 Å². The van der Waals surface area contributed by atoms with Gasteiger partial charge in [0.05, 0.1) is 0 Å². The molecule has 2 nitrogen and oxygen atoms in total. The summed E-state index contributed by atoms with van der Waals surface area (Å²) in [6, 6.07) is 3.57. The molecule has 1 fully saturated rings. The molecule has 3 heteroatoms. The van der Waals surface area contributed by atoms with Crippen molar-refractivity contribution in [2.75, 3.05) is 13.1 Å². The molecule has 1 aromatic rings. The molecule has 0 aliphatic carbocycles. The monoisotopic (exact) mass is 266 g/mol. The van der Waals surface area contributed by atoms with Crippen LogP contribution < -0.4 is 5.32 Å². The minimum Gasteiger partial charge on any atom is -0.311 e. The second-order valence-corrected chi connectivity index (χ2v) is 6.62. The first-order valence-corrected chi connectivity index (χ1v) is 8.10. The molecule has 1 unspecified atom stereocenters. The summed E-state index contributed by atoms with van der Waals surface area (Å²) in [5.74, 6) is 0. The maximum atomic E-state index is 3.68. The average Bonchev–Trinajstić information content (AvgIpc) is 2.76. The van der Waals surface area contributed by atoms with Crippen LogP contribution in [0, 0.1) is 0 Å². The Bertz CT molecular complexity index is 359. The van der Waals surface area contributed by atoms with Gasteiger partial charge in [-0.15, -0.1) is 11.3 Å². The number of hydrogen-bond donors (Lipinski definition) is 1. The predicted molar refractivity (Wildman–Crippen MR) is 80.3 cm³/mol. The van der Waals surface area contributed by atoms with Crippen LogP contribution in [0.2, 0.25) is 0 Å². The number of piperidine rings is 1. The summed E-state index contributed by atoms with van der Waals surface area (Å²) in [5.41, 5.74) is 1.54. The quantitative estimate of drug-likeness (QED) is 0.880. The summed E-state index contributed by atoms with van der Waals surface area (Å²) < 4.78 is 0. The van der Waals surface area contributed by atoms with Crippen LogP contribution >= 0.6 is 11.3 Å². The number of rotatable bonds is 5. The normalized spacial score (nSPS) is 21.7. The molecular weight excluding hydrogens is 240 g/mol. The molecule has 0 amide bonds. The zero-order chi connectivity index (χ0) is 13.0. The van der Waals surface area contributed by atoms with E-state index in [0.717, 1.165) is 6.54 Å². The average molecular weight is 266 g/mol. The fraction of sp³-hybridized carbons (Fsp3) is 0.733. The van der Waals surface area contributed by atoms with Gasteiger partial charge in [-0.2, -0.15) is 0 Å². The summed E-state index contributed by atoms with van der Waals surface area (Å²) in [6.45, 7) is 10.4. The number of likely N-dealkylation sites (tertiary alicyclic amines) is 1. The largest absolute Gasteiger partial charge is 0.311 e. The van der Waals surface area contributed by atoms with E-state index in [4.69, 9.17) is 0 Å². The fourth-order valence-corrected chi connectivity index (χ4v) is 3.85. The second-order valence-electron chi connectivity index (χ2n) is 5.62. The van der Waals surface area contributed by atoms with E-state index < -0.39 is 0 Å². The zero-order valence-corrected chi connectivity index (χ0v) is 12.7. The second kappa shape index (κ2) is 6.69. The van der Waals surface area contributed by atoms with Crippen LogP contribution in [-0.4, -0.2) is 30.1 Å². The third-order valence-corrected chi connectivity index (χ3v) is 4.61. The van der Waals surface area contributed by atoms with E-state index in [-0.39, 0.29) is 0 Å². The Balaban J connectivity index is 1.89. The predicted octanol–water partition coefficient (Wildman–Crippen LogP) is 3.27. The molecule has 0 spiro atoms. The van der Waals surface area contributed by atoms with Gasteiger partial charge in [-0.1, -0.05) is 20.8 Å². The number of aryl methyl sites for hydroxylation is 1. The highest BCUT2D eigenvalue weighted by Gasteiger charge is 2.20. The number of nitrogens with zero attached hydrogens (tertiary/aromatic N) is 1. The molecule has 1 N–H and O–H groups in total. The Morgan fingerprint density at radius 3 is 3.06 bits per heavy atom. The Morgan fingerprint density at radius 2 is 2.33 bits per heavy atom. The van der Waals surface area contributed by atoms with Crippen LogP contribution in [0.1, 0.15) is 44.1 Å². The zero-order valence-electron chi connectivity index (χ0n) is 11.9. The highest BCUT2D eigenvalue weighted by atomic mass is 32.1. The minimum absolute atomic E-state index is 0.600. The van der Waals surface area contributed by atoms with Gasteiger partial charge in [0.2, 0.25) is 0 Å². The van der Waals surface area contributed by atoms with Crippen molar-refractivity contribution in [3.05, 3.63) is 21.9 Å². The summed E-state index contributed by atoms with van der Waals surface area (Å²) in [7, 11) is 0. The van der Waals surface area contributed by atoms with Crippen molar-refractivity contribution in [3.8, 4) is 0 Å². The topological polar surface area (TPSA) is 15.3 Å². The maximum absolute atomic E-state index is 3.68. The molecule has 2 rings (SSSR count). The van der Waals surface area contributed by atoms with Crippen LogP contribution in [0.5, 0.6) is 0 Å². The smallest absolute Gasteiger partial charge is 0.0331 e. The van der Waals surface area contributed by atoms with E-state index in [2.05, 4.69) is 42.4 Å². The molecule has 0 radical (unpaired) electrons. The number of nitrogens with one attached hydrogen (secondary N) is 1. The Labute approximate surface area is 115 Å². The van der Waals surface area contributed by atoms with Crippen molar-refractivity contribution in [1.82, 2.24) is 10.2 Å². The van der Waals surface area contributed by atoms with Gasteiger partial charge in [0, 0.05) is 30.1 Å². The molecule has 0 saturated carbocycles. The van der Waals surface area contributed by atoms with Gasteiger partial charge in [-0.25, -0.2) is 0 Å². The summed E-state index contributed by atoms with van der Waals surface area (Å²) >= 11 is 1.92. The Hall–Kier alpha value is -0.380. The van der Waals surface area contributed by atoms with Crippen LogP contribution in [0.3, 0.4) is 0 Å². The van der Waals surface area contributed by atoms with E-state index >= 15 is 0 Å². The van der Waals surface area contributed by atoms with Crippen LogP contribution in [0.25, 0.3) is 0 Å². The van der Waals surface area contributed by atoms with Gasteiger partial charge in [0.15, 0.2) is 0 Å². The molecule has 1 atom stereocenters. The molecule has 102 valence electrons. The molecule has 1 saturated heterocycles. The van der Waals surface area contributed by atoms with Crippen molar-refractivity contribution >= 4 is 11.3 Å². The van der Waals surface area contributed by atoms with E-state index in [0.29, 0.717) is 12.1 Å². The summed E-state index contributed by atoms with van der Waals surface area (Å²) in [5, 5.41) is 5.92. The highest BCUT2D eigenvalue weighted by Crippen LogP contribution is 2.21. The molecule has 2 heterocycles. The van der Waals surface area contributed by atoms with E-state index in [1.165, 1.54) is 32.4 Å². The molecular formula is C15H26N2S. The Kier molecular flexibility index (Phi) is 5.22. The molecule has 0 aromatic carbocycles. The van der Waals surface area contributed by atoms with Gasteiger partial charge in [-0.3, -0.25) is 4.90 Å². The first kappa shape index (κ1) is 14.0. The van der Waals surface area contributed by atoms with E-state index in [9.17, 15) is 0 Å². The van der Waals surface area contributed by atoms with Gasteiger partial charge in [0.25, 0.3) is 0 Å². The van der Waals surface area contributed by atoms with Crippen molar-refractivity contribution in [2.24, 2.45) is 0 Å². The van der Waals surface area contributed by atoms with Crippen molar-refractivity contribution in [3.63, 3.8) is 0 Å². The summed E-state index contributed by atoms with van der Waals surface area (Å²) in [4.78, 5) is 4.19. The molecule has 1 aliphatic rings. The van der Waals surface area contributed by atoms with Gasteiger partial charge in [0.1, 0.15) is 0 Å². The number of hydrogen-bond acceptors (Lipinski definition) is 3. The van der Waals surface area contributed by atoms with Crippen molar-refractivity contribution < 1.29 is 0 Å². The van der Waals surface area contributed by atoms with Crippen molar-refractivity contribution in [1.29, 1.82) is 0 Å². The number of thiophene rings is 1. The standard InChI is InChI=1S/C15H26N2S/c1-4-13-7-9-18-15(13)11-17-8-5-6-14(10-17)16-12(2)3/h7,9,12,14,16H,4-6,8,10-11H2,1-3H3. The summed E-state index contributed by atoms with van der Waals surface area (Å²) in [6.07, 6.45) is 3.83. The highest BCUT2D eigenvalue weighted by molar-refractivity contribution is 7.10. The lowest BCUT2D eigenvalue weighted by atomic mass is 10.0. The minimum atomic E-state index is 0.600. The fourth-order valence-electron chi connectivity index (χ4n) is 2.83. The van der Waals surface area contributed by atoms with Gasteiger partial charge in [-0.05, 0) is 42.8 Å². The third-order valence-electron chi connectivity index (χ3n) is 3.66. The first-order valence-electron chi connectivity index (χ1n) is 7.22. The Morgan fingerprint density at radius 1 is 1.50 bits per heavy atom. The van der Waals surface area contributed by atoms with Crippen LogP contribution in [0.15, 0.2) is 11.4 Å². The molecule has 18 heavy (non-hydrogen) atoms. The molecule has 1 aromatic heterocycles. The van der Waals surface area contributed by atoms with Crippen LogP contribution in [-0.2, 0) is 13.0 Å². The lowest BCUT2D eigenvalue weighted by Gasteiger charge is -2.34.